The third-order valence-corrected chi connectivity index (χ3v) is 1.28. The largest absolute Gasteiger partial charge is 0.493 e. The van der Waals surface area contributed by atoms with Crippen LogP contribution < -0.4 is 0 Å². The van der Waals surface area contributed by atoms with Crippen LogP contribution in [0, 0.1) is 0 Å². The molecule has 0 radical (unpaired) electrons. The van der Waals surface area contributed by atoms with Gasteiger partial charge in [-0.15, -0.1) is 0 Å². The molecule has 3 nitrogen and oxygen atoms in total. The number of hydrogen-bond acceptors (Lipinski definition) is 3. The van der Waals surface area contributed by atoms with Gasteiger partial charge >= 0.3 is 0 Å². The summed E-state index contributed by atoms with van der Waals surface area (Å²) in [6, 6.07) is 0. The first-order valence-corrected chi connectivity index (χ1v) is 2.90. The first-order valence-electron chi connectivity index (χ1n) is 2.90. The summed E-state index contributed by atoms with van der Waals surface area (Å²) in [5.74, 6) is 0. The highest BCUT2D eigenvalue weighted by atomic mass is 16.6. The van der Waals surface area contributed by atoms with Crippen LogP contribution >= 0.6 is 0 Å². The van der Waals surface area contributed by atoms with Crippen LogP contribution in [0.25, 0.3) is 0 Å². The van der Waals surface area contributed by atoms with Crippen LogP contribution in [-0.4, -0.2) is 24.1 Å². The molecule has 52 valence electrons. The van der Waals surface area contributed by atoms with Gasteiger partial charge in [0.1, 0.15) is 0 Å². The maximum Gasteiger partial charge on any atom is 0.192 e. The predicted molar refractivity (Wildman–Crippen MR) is 31.6 cm³/mol. The molecule has 0 aliphatic carbocycles. The first kappa shape index (κ1) is 6.58. The molecule has 1 heterocycles. The predicted octanol–water partition coefficient (Wildman–Crippen LogP) is 0.254. The van der Waals surface area contributed by atoms with Crippen molar-refractivity contribution in [3.63, 3.8) is 0 Å². The summed E-state index contributed by atoms with van der Waals surface area (Å²) in [5, 5.41) is 8.93. The fourth-order valence-electron chi connectivity index (χ4n) is 0.814. The van der Waals surface area contributed by atoms with Gasteiger partial charge in [0.25, 0.3) is 0 Å². The molecule has 0 aromatic rings. The zero-order valence-electron chi connectivity index (χ0n) is 5.12. The molecule has 0 aromatic carbocycles. The Morgan fingerprint density at radius 2 is 2.56 bits per heavy atom. The summed E-state index contributed by atoms with van der Waals surface area (Å²) in [6.07, 6.45) is 1.10. The minimum atomic E-state index is -0.761. The van der Waals surface area contributed by atoms with Crippen LogP contribution in [0.1, 0.15) is 6.42 Å². The molecule has 1 rings (SSSR count). The summed E-state index contributed by atoms with van der Waals surface area (Å²) < 4.78 is 9.70. The van der Waals surface area contributed by atoms with E-state index < -0.39 is 6.29 Å². The molecule has 0 amide bonds. The Labute approximate surface area is 53.9 Å². The fraction of sp³-hybridized carbons (Fsp3) is 0.667. The van der Waals surface area contributed by atoms with E-state index in [1.807, 2.05) is 0 Å². The summed E-state index contributed by atoms with van der Waals surface area (Å²) in [7, 11) is 0. The van der Waals surface area contributed by atoms with E-state index in [0.717, 1.165) is 6.42 Å². The second kappa shape index (κ2) is 2.85. The van der Waals surface area contributed by atoms with Crippen molar-refractivity contribution in [1.82, 2.24) is 0 Å². The normalized spacial score (nSPS) is 34.3. The molecule has 2 atom stereocenters. The van der Waals surface area contributed by atoms with Crippen LogP contribution in [0.3, 0.4) is 0 Å². The van der Waals surface area contributed by atoms with E-state index in [1.54, 1.807) is 0 Å². The molecule has 1 aliphatic rings. The van der Waals surface area contributed by atoms with Crippen molar-refractivity contribution in [3.8, 4) is 0 Å². The molecule has 0 spiro atoms. The number of rotatable bonds is 2. The van der Waals surface area contributed by atoms with Gasteiger partial charge in [0, 0.05) is 6.42 Å². The lowest BCUT2D eigenvalue weighted by Crippen LogP contribution is -2.21. The molecule has 1 aliphatic heterocycles. The molecular formula is C6H10O3. The highest BCUT2D eigenvalue weighted by molar-refractivity contribution is 4.70. The Bertz CT molecular complexity index is 102. The Kier molecular flexibility index (Phi) is 2.08. The standard InChI is InChI=1S/C6H10O3/c1-2-8-5-3-4-9-6(5)7/h2,5-7H,1,3-4H2. The molecule has 0 saturated carbocycles. The van der Waals surface area contributed by atoms with Crippen molar-refractivity contribution in [2.24, 2.45) is 0 Å². The van der Waals surface area contributed by atoms with Crippen LogP contribution in [-0.2, 0) is 9.47 Å². The van der Waals surface area contributed by atoms with Crippen molar-refractivity contribution >= 4 is 0 Å². The van der Waals surface area contributed by atoms with Gasteiger partial charge in [0.2, 0.25) is 0 Å². The lowest BCUT2D eigenvalue weighted by Gasteiger charge is -2.10. The zero-order valence-corrected chi connectivity index (χ0v) is 5.12. The van der Waals surface area contributed by atoms with Gasteiger partial charge in [-0.25, -0.2) is 0 Å². The van der Waals surface area contributed by atoms with E-state index in [0.29, 0.717) is 6.61 Å². The molecular weight excluding hydrogens is 120 g/mol. The minimum absolute atomic E-state index is 0.206. The van der Waals surface area contributed by atoms with E-state index in [2.05, 4.69) is 6.58 Å². The third kappa shape index (κ3) is 1.43. The van der Waals surface area contributed by atoms with Gasteiger partial charge in [0.15, 0.2) is 12.4 Å². The average Bonchev–Trinajstić information content (AvgIpc) is 2.18. The van der Waals surface area contributed by atoms with Gasteiger partial charge in [-0.1, -0.05) is 6.58 Å². The summed E-state index contributed by atoms with van der Waals surface area (Å²) in [6.45, 7) is 3.94. The van der Waals surface area contributed by atoms with Gasteiger partial charge in [-0.3, -0.25) is 0 Å². The van der Waals surface area contributed by atoms with Gasteiger partial charge in [-0.2, -0.15) is 0 Å². The van der Waals surface area contributed by atoms with Crippen molar-refractivity contribution < 1.29 is 14.6 Å². The molecule has 9 heavy (non-hydrogen) atoms. The maximum atomic E-state index is 8.93. The SMILES string of the molecule is C=COC1CCOC1O. The Morgan fingerprint density at radius 1 is 1.78 bits per heavy atom. The molecule has 3 heteroatoms. The van der Waals surface area contributed by atoms with E-state index in [9.17, 15) is 0 Å². The summed E-state index contributed by atoms with van der Waals surface area (Å²) >= 11 is 0. The summed E-state index contributed by atoms with van der Waals surface area (Å²) in [5.41, 5.74) is 0. The Hall–Kier alpha value is -0.540. The number of aliphatic hydroxyl groups excluding tert-OH is 1. The van der Waals surface area contributed by atoms with Crippen molar-refractivity contribution in [1.29, 1.82) is 0 Å². The van der Waals surface area contributed by atoms with Crippen LogP contribution in [0.2, 0.25) is 0 Å². The highest BCUT2D eigenvalue weighted by Crippen LogP contribution is 2.14. The number of hydrogen-bond donors (Lipinski definition) is 1. The second-order valence-electron chi connectivity index (χ2n) is 1.89. The van der Waals surface area contributed by atoms with Crippen molar-refractivity contribution in [2.45, 2.75) is 18.8 Å². The number of ether oxygens (including phenoxy) is 2. The van der Waals surface area contributed by atoms with Crippen LogP contribution in [0.5, 0.6) is 0 Å². The smallest absolute Gasteiger partial charge is 0.192 e. The molecule has 1 saturated heterocycles. The molecule has 0 aromatic heterocycles. The summed E-state index contributed by atoms with van der Waals surface area (Å²) in [4.78, 5) is 0. The van der Waals surface area contributed by atoms with E-state index in [4.69, 9.17) is 14.6 Å². The van der Waals surface area contributed by atoms with E-state index >= 15 is 0 Å². The second-order valence-corrected chi connectivity index (χ2v) is 1.89. The Balaban J connectivity index is 2.30. The third-order valence-electron chi connectivity index (χ3n) is 1.28. The fourth-order valence-corrected chi connectivity index (χ4v) is 0.814. The van der Waals surface area contributed by atoms with Gasteiger partial charge in [-0.05, 0) is 0 Å². The quantitative estimate of drug-likeness (QED) is 0.545. The lowest BCUT2D eigenvalue weighted by molar-refractivity contribution is -0.110. The Morgan fingerprint density at radius 3 is 3.00 bits per heavy atom. The monoisotopic (exact) mass is 130 g/mol. The molecule has 0 bridgehead atoms. The topological polar surface area (TPSA) is 38.7 Å². The average molecular weight is 130 g/mol. The van der Waals surface area contributed by atoms with E-state index in [-0.39, 0.29) is 6.10 Å². The van der Waals surface area contributed by atoms with E-state index in [1.165, 1.54) is 6.26 Å². The highest BCUT2D eigenvalue weighted by Gasteiger charge is 2.26. The molecule has 2 unspecified atom stereocenters. The molecule has 1 fully saturated rings. The number of aliphatic hydroxyl groups is 1. The maximum absolute atomic E-state index is 8.93. The van der Waals surface area contributed by atoms with Gasteiger partial charge in [0.05, 0.1) is 12.9 Å². The van der Waals surface area contributed by atoms with Crippen molar-refractivity contribution in [2.75, 3.05) is 6.61 Å². The van der Waals surface area contributed by atoms with Gasteiger partial charge < -0.3 is 14.6 Å². The first-order chi connectivity index (χ1) is 4.34. The molecule has 1 N–H and O–H groups in total. The minimum Gasteiger partial charge on any atom is -0.493 e. The van der Waals surface area contributed by atoms with Crippen molar-refractivity contribution in [3.05, 3.63) is 12.8 Å². The lowest BCUT2D eigenvalue weighted by atomic mass is 10.3. The zero-order chi connectivity index (χ0) is 6.69. The van der Waals surface area contributed by atoms with Crippen LogP contribution in [0.15, 0.2) is 12.8 Å². The van der Waals surface area contributed by atoms with Crippen LogP contribution in [0.4, 0.5) is 0 Å².